The van der Waals surface area contributed by atoms with Gasteiger partial charge in [0.2, 0.25) is 0 Å². The number of aryl methyl sites for hydroxylation is 1. The van der Waals surface area contributed by atoms with Gasteiger partial charge in [-0.05, 0) is 42.3 Å². The molecule has 2 nitrogen and oxygen atoms in total. The molecular weight excluding hydrogens is 251 g/mol. The molecule has 1 atom stereocenters. The van der Waals surface area contributed by atoms with E-state index < -0.39 is 6.04 Å². The van der Waals surface area contributed by atoms with Gasteiger partial charge in [0.15, 0.2) is 0 Å². The first-order valence-corrected chi connectivity index (χ1v) is 6.52. The first kappa shape index (κ1) is 12.8. The highest BCUT2D eigenvalue weighted by Gasteiger charge is 2.13. The number of aromatic nitrogens is 1. The molecule has 3 rings (SSSR count). The Morgan fingerprint density at radius 1 is 1.05 bits per heavy atom. The molecule has 1 aromatic heterocycles. The lowest BCUT2D eigenvalue weighted by Crippen LogP contribution is -2.14. The quantitative estimate of drug-likeness (QED) is 0.767. The first-order valence-electron chi connectivity index (χ1n) is 6.52. The van der Waals surface area contributed by atoms with Gasteiger partial charge < -0.3 is 5.73 Å². The van der Waals surface area contributed by atoms with Crippen molar-refractivity contribution in [2.24, 2.45) is 5.73 Å². The Morgan fingerprint density at radius 2 is 1.85 bits per heavy atom. The minimum absolute atomic E-state index is 0.282. The Hall–Kier alpha value is -2.26. The Bertz CT molecular complexity index is 768. The van der Waals surface area contributed by atoms with E-state index in [-0.39, 0.29) is 5.82 Å². The third kappa shape index (κ3) is 2.28. The van der Waals surface area contributed by atoms with Gasteiger partial charge in [0.25, 0.3) is 0 Å². The largest absolute Gasteiger partial charge is 0.319 e. The molecule has 0 aliphatic carbocycles. The molecule has 0 amide bonds. The van der Waals surface area contributed by atoms with Crippen LogP contribution >= 0.6 is 0 Å². The fourth-order valence-corrected chi connectivity index (χ4v) is 2.41. The van der Waals surface area contributed by atoms with Crippen LogP contribution in [0.4, 0.5) is 4.39 Å². The van der Waals surface area contributed by atoms with Crippen LogP contribution in [-0.2, 0) is 0 Å². The van der Waals surface area contributed by atoms with Gasteiger partial charge in [-0.25, -0.2) is 4.39 Å². The molecule has 20 heavy (non-hydrogen) atoms. The lowest BCUT2D eigenvalue weighted by atomic mass is 10.0. The van der Waals surface area contributed by atoms with E-state index in [1.807, 2.05) is 43.3 Å². The summed E-state index contributed by atoms with van der Waals surface area (Å²) < 4.78 is 13.3. The van der Waals surface area contributed by atoms with Crippen LogP contribution in [0.2, 0.25) is 0 Å². The normalized spacial score (nSPS) is 12.6. The van der Waals surface area contributed by atoms with Crippen LogP contribution in [0.15, 0.2) is 54.6 Å². The van der Waals surface area contributed by atoms with Gasteiger partial charge in [0.05, 0.1) is 17.3 Å². The number of pyridine rings is 1. The van der Waals surface area contributed by atoms with Crippen LogP contribution < -0.4 is 5.73 Å². The van der Waals surface area contributed by atoms with Crippen LogP contribution in [0.1, 0.15) is 22.9 Å². The molecular formula is C17H15FN2. The summed E-state index contributed by atoms with van der Waals surface area (Å²) in [5.41, 5.74) is 9.74. The maximum atomic E-state index is 13.3. The fraction of sp³-hybridized carbons (Fsp3) is 0.118. The van der Waals surface area contributed by atoms with E-state index >= 15 is 0 Å². The molecule has 0 spiro atoms. The lowest BCUT2D eigenvalue weighted by molar-refractivity contribution is 0.623. The second-order valence-electron chi connectivity index (χ2n) is 4.91. The number of hydrogen-bond donors (Lipinski definition) is 1. The van der Waals surface area contributed by atoms with Crippen LogP contribution in [-0.4, -0.2) is 4.98 Å². The number of fused-ring (bicyclic) bond motifs is 1. The second-order valence-corrected chi connectivity index (χ2v) is 4.91. The van der Waals surface area contributed by atoms with Gasteiger partial charge in [0.1, 0.15) is 5.82 Å². The average molecular weight is 266 g/mol. The Morgan fingerprint density at radius 3 is 2.65 bits per heavy atom. The van der Waals surface area contributed by atoms with Crippen molar-refractivity contribution in [2.75, 3.05) is 0 Å². The topological polar surface area (TPSA) is 38.9 Å². The first-order chi connectivity index (χ1) is 9.65. The predicted octanol–water partition coefficient (Wildman–Crippen LogP) is 3.73. The average Bonchev–Trinajstić information content (AvgIpc) is 2.46. The number of benzene rings is 2. The zero-order chi connectivity index (χ0) is 14.1. The minimum atomic E-state index is -0.422. The van der Waals surface area contributed by atoms with E-state index in [9.17, 15) is 4.39 Å². The van der Waals surface area contributed by atoms with Crippen molar-refractivity contribution in [3.8, 4) is 0 Å². The summed E-state index contributed by atoms with van der Waals surface area (Å²) in [4.78, 5) is 4.59. The summed E-state index contributed by atoms with van der Waals surface area (Å²) in [5.74, 6) is -0.282. The van der Waals surface area contributed by atoms with Crippen molar-refractivity contribution < 1.29 is 4.39 Å². The molecule has 2 aromatic carbocycles. The number of nitrogens with zero attached hydrogens (tertiary/aromatic N) is 1. The van der Waals surface area contributed by atoms with E-state index in [4.69, 9.17) is 5.73 Å². The van der Waals surface area contributed by atoms with Crippen LogP contribution in [0.3, 0.4) is 0 Å². The SMILES string of the molecule is Cc1cc(C(N)c2cccc(F)c2)nc2ccccc12. The van der Waals surface area contributed by atoms with Crippen LogP contribution in [0, 0.1) is 12.7 Å². The zero-order valence-electron chi connectivity index (χ0n) is 11.2. The zero-order valence-corrected chi connectivity index (χ0v) is 11.2. The molecule has 0 aliphatic heterocycles. The van der Waals surface area contributed by atoms with E-state index in [0.717, 1.165) is 27.7 Å². The molecule has 3 heteroatoms. The fourth-order valence-electron chi connectivity index (χ4n) is 2.41. The molecule has 0 aliphatic rings. The smallest absolute Gasteiger partial charge is 0.123 e. The summed E-state index contributed by atoms with van der Waals surface area (Å²) in [5, 5.41) is 1.11. The van der Waals surface area contributed by atoms with E-state index in [1.54, 1.807) is 6.07 Å². The molecule has 2 N–H and O–H groups in total. The molecule has 3 aromatic rings. The van der Waals surface area contributed by atoms with Crippen LogP contribution in [0.25, 0.3) is 10.9 Å². The molecule has 1 unspecified atom stereocenters. The van der Waals surface area contributed by atoms with Crippen molar-refractivity contribution in [2.45, 2.75) is 13.0 Å². The monoisotopic (exact) mass is 266 g/mol. The van der Waals surface area contributed by atoms with Crippen molar-refractivity contribution >= 4 is 10.9 Å². The van der Waals surface area contributed by atoms with Gasteiger partial charge in [-0.3, -0.25) is 4.98 Å². The third-order valence-electron chi connectivity index (χ3n) is 3.47. The summed E-state index contributed by atoms with van der Waals surface area (Å²) in [6, 6.07) is 15.8. The molecule has 0 saturated heterocycles. The summed E-state index contributed by atoms with van der Waals surface area (Å²) in [7, 11) is 0. The number of rotatable bonds is 2. The molecule has 0 radical (unpaired) electrons. The van der Waals surface area contributed by atoms with Gasteiger partial charge in [0, 0.05) is 5.39 Å². The number of hydrogen-bond acceptors (Lipinski definition) is 2. The maximum Gasteiger partial charge on any atom is 0.123 e. The highest BCUT2D eigenvalue weighted by Crippen LogP contribution is 2.24. The highest BCUT2D eigenvalue weighted by atomic mass is 19.1. The minimum Gasteiger partial charge on any atom is -0.319 e. The second kappa shape index (κ2) is 5.02. The summed E-state index contributed by atoms with van der Waals surface area (Å²) in [6.07, 6.45) is 0. The molecule has 100 valence electrons. The molecule has 0 fully saturated rings. The summed E-state index contributed by atoms with van der Waals surface area (Å²) >= 11 is 0. The molecule has 0 saturated carbocycles. The number of para-hydroxylation sites is 1. The Kier molecular flexibility index (Phi) is 3.20. The van der Waals surface area contributed by atoms with Gasteiger partial charge >= 0.3 is 0 Å². The van der Waals surface area contributed by atoms with Crippen molar-refractivity contribution in [3.05, 3.63) is 77.2 Å². The Balaban J connectivity index is 2.10. The maximum absolute atomic E-state index is 13.3. The van der Waals surface area contributed by atoms with Crippen molar-refractivity contribution in [3.63, 3.8) is 0 Å². The standard InChI is InChI=1S/C17H15FN2/c1-11-9-16(20-15-8-3-2-7-14(11)15)17(19)12-5-4-6-13(18)10-12/h2-10,17H,19H2,1H3. The van der Waals surface area contributed by atoms with E-state index in [1.165, 1.54) is 12.1 Å². The van der Waals surface area contributed by atoms with Crippen LogP contribution in [0.5, 0.6) is 0 Å². The van der Waals surface area contributed by atoms with Gasteiger partial charge in [-0.2, -0.15) is 0 Å². The van der Waals surface area contributed by atoms with E-state index in [0.29, 0.717) is 0 Å². The number of halogens is 1. The van der Waals surface area contributed by atoms with E-state index in [2.05, 4.69) is 4.98 Å². The molecule has 1 heterocycles. The predicted molar refractivity (Wildman–Crippen MR) is 78.9 cm³/mol. The van der Waals surface area contributed by atoms with Gasteiger partial charge in [-0.1, -0.05) is 30.3 Å². The summed E-state index contributed by atoms with van der Waals surface area (Å²) in [6.45, 7) is 2.03. The van der Waals surface area contributed by atoms with Gasteiger partial charge in [-0.15, -0.1) is 0 Å². The third-order valence-corrected chi connectivity index (χ3v) is 3.47. The lowest BCUT2D eigenvalue weighted by Gasteiger charge is -2.14. The van der Waals surface area contributed by atoms with Crippen molar-refractivity contribution in [1.29, 1.82) is 0 Å². The van der Waals surface area contributed by atoms with Crippen molar-refractivity contribution in [1.82, 2.24) is 4.98 Å². The molecule has 0 bridgehead atoms. The Labute approximate surface area is 117 Å². The number of nitrogens with two attached hydrogens (primary N) is 1. The highest BCUT2D eigenvalue weighted by molar-refractivity contribution is 5.82.